The normalized spacial score (nSPS) is 24.1. The number of rotatable bonds is 5. The van der Waals surface area contributed by atoms with Gasteiger partial charge in [0.2, 0.25) is 5.91 Å². The highest BCUT2D eigenvalue weighted by atomic mass is 16.5. The molecule has 1 atom stereocenters. The molecule has 3 rings (SSSR count). The second kappa shape index (κ2) is 6.58. The number of carbonyl (C=O) groups is 1. The number of morpholine rings is 1. The first-order chi connectivity index (χ1) is 10.3. The standard InChI is InChI=1S/C17H24N2O2/c20-16(11-15-12-21-10-9-18-15)19-13-17(7-4-8-17)14-5-2-1-3-6-14/h1-3,5-6,15,18H,4,7-13H2,(H,19,20). The molecule has 2 fully saturated rings. The van der Waals surface area contributed by atoms with E-state index in [9.17, 15) is 4.79 Å². The van der Waals surface area contributed by atoms with Gasteiger partial charge in [-0.05, 0) is 18.4 Å². The van der Waals surface area contributed by atoms with Crippen molar-refractivity contribution < 1.29 is 9.53 Å². The predicted molar refractivity (Wildman–Crippen MR) is 82.2 cm³/mol. The van der Waals surface area contributed by atoms with Crippen LogP contribution in [0.5, 0.6) is 0 Å². The molecule has 2 aliphatic rings. The highest BCUT2D eigenvalue weighted by molar-refractivity contribution is 5.76. The third-order valence-corrected chi connectivity index (χ3v) is 4.75. The van der Waals surface area contributed by atoms with E-state index in [1.165, 1.54) is 24.8 Å². The van der Waals surface area contributed by atoms with Crippen molar-refractivity contribution in [3.8, 4) is 0 Å². The van der Waals surface area contributed by atoms with Crippen LogP contribution in [-0.4, -0.2) is 38.3 Å². The Kier molecular flexibility index (Phi) is 4.56. The Morgan fingerprint density at radius 2 is 2.14 bits per heavy atom. The summed E-state index contributed by atoms with van der Waals surface area (Å²) in [6.07, 6.45) is 4.10. The van der Waals surface area contributed by atoms with Crippen LogP contribution in [0, 0.1) is 0 Å². The van der Waals surface area contributed by atoms with Gasteiger partial charge >= 0.3 is 0 Å². The van der Waals surface area contributed by atoms with Gasteiger partial charge in [0.15, 0.2) is 0 Å². The van der Waals surface area contributed by atoms with Gasteiger partial charge in [-0.3, -0.25) is 4.79 Å². The molecule has 1 amide bonds. The molecule has 1 aliphatic carbocycles. The zero-order valence-electron chi connectivity index (χ0n) is 12.4. The van der Waals surface area contributed by atoms with Gasteiger partial charge in [-0.25, -0.2) is 0 Å². The van der Waals surface area contributed by atoms with Gasteiger partial charge in [0.25, 0.3) is 0 Å². The molecule has 1 aliphatic heterocycles. The van der Waals surface area contributed by atoms with E-state index in [4.69, 9.17) is 4.74 Å². The molecule has 0 bridgehead atoms. The quantitative estimate of drug-likeness (QED) is 0.865. The van der Waals surface area contributed by atoms with Crippen molar-refractivity contribution in [2.75, 3.05) is 26.3 Å². The smallest absolute Gasteiger partial charge is 0.221 e. The van der Waals surface area contributed by atoms with Crippen LogP contribution < -0.4 is 10.6 Å². The molecule has 1 aromatic carbocycles. The first-order valence-electron chi connectivity index (χ1n) is 7.92. The summed E-state index contributed by atoms with van der Waals surface area (Å²) in [7, 11) is 0. The van der Waals surface area contributed by atoms with E-state index in [2.05, 4.69) is 34.9 Å². The Morgan fingerprint density at radius 1 is 1.33 bits per heavy atom. The molecule has 4 heteroatoms. The molecule has 0 aromatic heterocycles. The molecule has 0 spiro atoms. The minimum atomic E-state index is 0.125. The van der Waals surface area contributed by atoms with Crippen LogP contribution in [-0.2, 0) is 14.9 Å². The van der Waals surface area contributed by atoms with Crippen LogP contribution >= 0.6 is 0 Å². The molecule has 2 N–H and O–H groups in total. The van der Waals surface area contributed by atoms with E-state index < -0.39 is 0 Å². The van der Waals surface area contributed by atoms with Gasteiger partial charge in [-0.2, -0.15) is 0 Å². The maximum Gasteiger partial charge on any atom is 0.221 e. The van der Waals surface area contributed by atoms with Gasteiger partial charge < -0.3 is 15.4 Å². The largest absolute Gasteiger partial charge is 0.378 e. The number of hydrogen-bond donors (Lipinski definition) is 2. The van der Waals surface area contributed by atoms with Gasteiger partial charge in [-0.15, -0.1) is 0 Å². The Hall–Kier alpha value is -1.39. The van der Waals surface area contributed by atoms with E-state index >= 15 is 0 Å². The van der Waals surface area contributed by atoms with Crippen LogP contribution in [0.25, 0.3) is 0 Å². The number of amides is 1. The predicted octanol–water partition coefficient (Wildman–Crippen LogP) is 1.60. The monoisotopic (exact) mass is 288 g/mol. The third kappa shape index (κ3) is 3.44. The maximum atomic E-state index is 12.1. The Balaban J connectivity index is 1.52. The number of benzene rings is 1. The van der Waals surface area contributed by atoms with Gasteiger partial charge in [0, 0.05) is 31.0 Å². The summed E-state index contributed by atoms with van der Waals surface area (Å²) in [5, 5.41) is 6.46. The van der Waals surface area contributed by atoms with Crippen LogP contribution in [0.15, 0.2) is 30.3 Å². The molecule has 1 saturated carbocycles. The highest BCUT2D eigenvalue weighted by Crippen LogP contribution is 2.43. The fourth-order valence-corrected chi connectivity index (χ4v) is 3.28. The van der Waals surface area contributed by atoms with E-state index in [1.54, 1.807) is 0 Å². The molecule has 1 heterocycles. The number of hydrogen-bond acceptors (Lipinski definition) is 3. The number of ether oxygens (including phenoxy) is 1. The average molecular weight is 288 g/mol. The topological polar surface area (TPSA) is 50.4 Å². The number of carbonyl (C=O) groups excluding carboxylic acids is 1. The summed E-state index contributed by atoms with van der Waals surface area (Å²) in [4.78, 5) is 12.1. The zero-order chi connectivity index (χ0) is 14.5. The third-order valence-electron chi connectivity index (χ3n) is 4.75. The average Bonchev–Trinajstić information content (AvgIpc) is 2.48. The van der Waals surface area contributed by atoms with Crippen LogP contribution in [0.4, 0.5) is 0 Å². The molecular weight excluding hydrogens is 264 g/mol. The fraction of sp³-hybridized carbons (Fsp3) is 0.588. The number of nitrogens with one attached hydrogen (secondary N) is 2. The molecule has 1 saturated heterocycles. The molecule has 4 nitrogen and oxygen atoms in total. The Bertz CT molecular complexity index is 465. The molecule has 114 valence electrons. The minimum absolute atomic E-state index is 0.125. The molecule has 1 aromatic rings. The van der Waals surface area contributed by atoms with Crippen molar-refractivity contribution in [2.45, 2.75) is 37.1 Å². The molecule has 0 radical (unpaired) electrons. The summed E-state index contributed by atoms with van der Waals surface area (Å²) in [6, 6.07) is 10.7. The van der Waals surface area contributed by atoms with E-state index in [1.807, 2.05) is 6.07 Å². The van der Waals surface area contributed by atoms with Crippen LogP contribution in [0.2, 0.25) is 0 Å². The van der Waals surface area contributed by atoms with E-state index in [-0.39, 0.29) is 17.4 Å². The van der Waals surface area contributed by atoms with Gasteiger partial charge in [0.05, 0.1) is 13.2 Å². The Labute approximate surface area is 126 Å². The van der Waals surface area contributed by atoms with Crippen molar-refractivity contribution in [3.63, 3.8) is 0 Å². The Morgan fingerprint density at radius 3 is 2.76 bits per heavy atom. The van der Waals surface area contributed by atoms with Crippen molar-refractivity contribution >= 4 is 5.91 Å². The first-order valence-corrected chi connectivity index (χ1v) is 7.92. The summed E-state index contributed by atoms with van der Waals surface area (Å²) in [5.74, 6) is 0.125. The lowest BCUT2D eigenvalue weighted by Gasteiger charge is -2.42. The maximum absolute atomic E-state index is 12.1. The summed E-state index contributed by atoms with van der Waals surface area (Å²) in [5.41, 5.74) is 1.52. The van der Waals surface area contributed by atoms with Crippen LogP contribution in [0.1, 0.15) is 31.2 Å². The van der Waals surface area contributed by atoms with Gasteiger partial charge in [0.1, 0.15) is 0 Å². The summed E-state index contributed by atoms with van der Waals surface area (Å²) < 4.78 is 5.39. The second-order valence-electron chi connectivity index (χ2n) is 6.21. The first kappa shape index (κ1) is 14.5. The molecule has 21 heavy (non-hydrogen) atoms. The minimum Gasteiger partial charge on any atom is -0.378 e. The van der Waals surface area contributed by atoms with Crippen molar-refractivity contribution in [2.24, 2.45) is 0 Å². The van der Waals surface area contributed by atoms with Crippen molar-refractivity contribution in [1.82, 2.24) is 10.6 Å². The van der Waals surface area contributed by atoms with E-state index in [0.29, 0.717) is 13.0 Å². The van der Waals surface area contributed by atoms with Crippen molar-refractivity contribution in [1.29, 1.82) is 0 Å². The lowest BCUT2D eigenvalue weighted by atomic mass is 9.64. The fourth-order valence-electron chi connectivity index (χ4n) is 3.28. The highest BCUT2D eigenvalue weighted by Gasteiger charge is 2.38. The lowest BCUT2D eigenvalue weighted by molar-refractivity contribution is -0.122. The summed E-state index contributed by atoms with van der Waals surface area (Å²) >= 11 is 0. The lowest BCUT2D eigenvalue weighted by Crippen LogP contribution is -2.48. The van der Waals surface area contributed by atoms with Gasteiger partial charge in [-0.1, -0.05) is 36.8 Å². The SMILES string of the molecule is O=C(CC1COCCN1)NCC1(c2ccccc2)CCC1. The molecular formula is C17H24N2O2. The zero-order valence-corrected chi connectivity index (χ0v) is 12.4. The second-order valence-corrected chi connectivity index (χ2v) is 6.21. The van der Waals surface area contributed by atoms with Crippen LogP contribution in [0.3, 0.4) is 0 Å². The summed E-state index contributed by atoms with van der Waals surface area (Å²) in [6.45, 7) is 2.97. The van der Waals surface area contributed by atoms with Crippen molar-refractivity contribution in [3.05, 3.63) is 35.9 Å². The van der Waals surface area contributed by atoms with E-state index in [0.717, 1.165) is 19.7 Å². The molecule has 1 unspecified atom stereocenters.